The van der Waals surface area contributed by atoms with Gasteiger partial charge in [-0.05, 0) is 37.8 Å². The lowest BCUT2D eigenvalue weighted by Crippen LogP contribution is -2.40. The van der Waals surface area contributed by atoms with Crippen LogP contribution in [0, 0.1) is 0 Å². The minimum Gasteiger partial charge on any atom is -0.331 e. The van der Waals surface area contributed by atoms with E-state index < -0.39 is 12.1 Å². The van der Waals surface area contributed by atoms with Gasteiger partial charge in [0.1, 0.15) is 0 Å². The average molecular weight is 348 g/mol. The molecule has 1 aromatic rings. The van der Waals surface area contributed by atoms with E-state index in [0.29, 0.717) is 16.2 Å². The molecule has 4 nitrogen and oxygen atoms in total. The van der Waals surface area contributed by atoms with Crippen molar-refractivity contribution in [3.63, 3.8) is 0 Å². The van der Waals surface area contributed by atoms with Gasteiger partial charge in [0, 0.05) is 18.8 Å². The van der Waals surface area contributed by atoms with Crippen molar-refractivity contribution in [1.82, 2.24) is 4.90 Å². The van der Waals surface area contributed by atoms with Crippen LogP contribution in [-0.2, 0) is 16.1 Å². The molecule has 0 saturated carbocycles. The number of hydrogen-bond donors (Lipinski definition) is 1. The van der Waals surface area contributed by atoms with E-state index in [4.69, 9.17) is 0 Å². The monoisotopic (exact) mass is 348 g/mol. The second kappa shape index (κ2) is 8.24. The predicted octanol–water partition coefficient (Wildman–Crippen LogP) is 3.29. The fraction of sp³-hybridized carbons (Fsp3) is 0.467. The van der Waals surface area contributed by atoms with Gasteiger partial charge in [0.05, 0.1) is 5.25 Å². The molecule has 128 valence electrons. The third-order valence-electron chi connectivity index (χ3n) is 3.20. The van der Waals surface area contributed by atoms with Gasteiger partial charge in [-0.3, -0.25) is 9.59 Å². The van der Waals surface area contributed by atoms with Crippen LogP contribution in [0.5, 0.6) is 0 Å². The SMILES string of the molecule is CCN(Cc1cccc(NC(=O)C(C)SC)c1)C(=O)C(F)(F)F. The predicted molar refractivity (Wildman–Crippen MR) is 85.2 cm³/mol. The van der Waals surface area contributed by atoms with Crippen LogP contribution in [0.25, 0.3) is 0 Å². The summed E-state index contributed by atoms with van der Waals surface area (Å²) >= 11 is 1.39. The van der Waals surface area contributed by atoms with Crippen LogP contribution in [-0.4, -0.2) is 40.9 Å². The molecule has 0 spiro atoms. The largest absolute Gasteiger partial charge is 0.471 e. The van der Waals surface area contributed by atoms with E-state index >= 15 is 0 Å². The van der Waals surface area contributed by atoms with Gasteiger partial charge in [0.15, 0.2) is 0 Å². The van der Waals surface area contributed by atoms with E-state index in [1.807, 2.05) is 6.26 Å². The molecule has 0 aliphatic rings. The van der Waals surface area contributed by atoms with Crippen molar-refractivity contribution in [1.29, 1.82) is 0 Å². The molecule has 0 saturated heterocycles. The first-order chi connectivity index (χ1) is 10.7. The van der Waals surface area contributed by atoms with Crippen molar-refractivity contribution in [2.75, 3.05) is 18.1 Å². The third-order valence-corrected chi connectivity index (χ3v) is 4.12. The first kappa shape index (κ1) is 19.3. The van der Waals surface area contributed by atoms with Crippen molar-refractivity contribution in [3.05, 3.63) is 29.8 Å². The number of carbonyl (C=O) groups is 2. The molecular formula is C15H19F3N2O2S. The molecule has 1 atom stereocenters. The quantitative estimate of drug-likeness (QED) is 0.858. The van der Waals surface area contributed by atoms with Crippen molar-refractivity contribution in [2.24, 2.45) is 0 Å². The van der Waals surface area contributed by atoms with Crippen molar-refractivity contribution >= 4 is 29.3 Å². The molecule has 1 unspecified atom stereocenters. The molecule has 0 fully saturated rings. The number of carbonyl (C=O) groups excluding carboxylic acids is 2. The maximum atomic E-state index is 12.5. The molecule has 0 heterocycles. The molecule has 23 heavy (non-hydrogen) atoms. The third kappa shape index (κ3) is 5.78. The fourth-order valence-electron chi connectivity index (χ4n) is 1.83. The summed E-state index contributed by atoms with van der Waals surface area (Å²) in [5, 5.41) is 2.46. The number of alkyl halides is 3. The Balaban J connectivity index is 2.84. The van der Waals surface area contributed by atoms with Crippen LogP contribution in [0.1, 0.15) is 19.4 Å². The van der Waals surface area contributed by atoms with Crippen molar-refractivity contribution < 1.29 is 22.8 Å². The second-order valence-electron chi connectivity index (χ2n) is 4.88. The highest BCUT2D eigenvalue weighted by Crippen LogP contribution is 2.21. The highest BCUT2D eigenvalue weighted by molar-refractivity contribution is 7.99. The van der Waals surface area contributed by atoms with Crippen LogP contribution in [0.4, 0.5) is 18.9 Å². The van der Waals surface area contributed by atoms with Crippen LogP contribution in [0.3, 0.4) is 0 Å². The molecule has 1 rings (SSSR count). The van der Waals surface area contributed by atoms with Crippen molar-refractivity contribution in [2.45, 2.75) is 31.8 Å². The summed E-state index contributed by atoms with van der Waals surface area (Å²) in [6.45, 7) is 3.01. The van der Waals surface area contributed by atoms with Crippen molar-refractivity contribution in [3.8, 4) is 0 Å². The summed E-state index contributed by atoms with van der Waals surface area (Å²) in [6, 6.07) is 6.45. The lowest BCUT2D eigenvalue weighted by atomic mass is 10.2. The molecule has 8 heteroatoms. The number of rotatable bonds is 6. The van der Waals surface area contributed by atoms with Gasteiger partial charge in [0.2, 0.25) is 5.91 Å². The zero-order valence-corrected chi connectivity index (χ0v) is 13.9. The Morgan fingerprint density at radius 1 is 1.35 bits per heavy atom. The fourth-order valence-corrected chi connectivity index (χ4v) is 2.10. The van der Waals surface area contributed by atoms with Gasteiger partial charge in [-0.25, -0.2) is 0 Å². The summed E-state index contributed by atoms with van der Waals surface area (Å²) < 4.78 is 37.6. The number of halogens is 3. The molecule has 2 amide bonds. The van der Waals surface area contributed by atoms with Crippen LogP contribution in [0.2, 0.25) is 0 Å². The molecule has 0 aromatic heterocycles. The van der Waals surface area contributed by atoms with E-state index in [-0.39, 0.29) is 24.2 Å². The van der Waals surface area contributed by atoms with Gasteiger partial charge < -0.3 is 10.2 Å². The Labute approximate surface area is 137 Å². The molecule has 0 radical (unpaired) electrons. The lowest BCUT2D eigenvalue weighted by molar-refractivity contribution is -0.185. The van der Waals surface area contributed by atoms with Gasteiger partial charge >= 0.3 is 12.1 Å². The first-order valence-corrected chi connectivity index (χ1v) is 8.26. The topological polar surface area (TPSA) is 49.4 Å². The van der Waals surface area contributed by atoms with Crippen LogP contribution in [0.15, 0.2) is 24.3 Å². The summed E-state index contributed by atoms with van der Waals surface area (Å²) in [4.78, 5) is 23.9. The van der Waals surface area contributed by atoms with E-state index in [9.17, 15) is 22.8 Å². The smallest absolute Gasteiger partial charge is 0.331 e. The Morgan fingerprint density at radius 2 is 2.00 bits per heavy atom. The lowest BCUT2D eigenvalue weighted by Gasteiger charge is -2.22. The molecule has 0 bridgehead atoms. The highest BCUT2D eigenvalue weighted by Gasteiger charge is 2.41. The standard InChI is InChI=1S/C15H19F3N2O2S/c1-4-20(14(22)15(16,17)18)9-11-6-5-7-12(8-11)19-13(21)10(2)23-3/h5-8,10H,4,9H2,1-3H3,(H,19,21). The van der Waals surface area contributed by atoms with Gasteiger partial charge in [-0.15, -0.1) is 0 Å². The summed E-state index contributed by atoms with van der Waals surface area (Å²) in [7, 11) is 0. The zero-order valence-electron chi connectivity index (χ0n) is 13.1. The number of amides is 2. The molecule has 1 N–H and O–H groups in total. The number of hydrogen-bond acceptors (Lipinski definition) is 3. The number of benzene rings is 1. The minimum atomic E-state index is -4.89. The maximum absolute atomic E-state index is 12.5. The minimum absolute atomic E-state index is 0.0571. The van der Waals surface area contributed by atoms with Gasteiger partial charge in [0.25, 0.3) is 0 Å². The second-order valence-corrected chi connectivity index (χ2v) is 6.06. The first-order valence-electron chi connectivity index (χ1n) is 6.97. The molecular weight excluding hydrogens is 329 g/mol. The van der Waals surface area contributed by atoms with E-state index in [1.54, 1.807) is 31.2 Å². The molecule has 0 aliphatic heterocycles. The summed E-state index contributed by atoms with van der Waals surface area (Å²) in [5.74, 6) is -2.06. The Kier molecular flexibility index (Phi) is 6.93. The molecule has 0 aliphatic carbocycles. The summed E-state index contributed by atoms with van der Waals surface area (Å²) in [6.07, 6.45) is -3.09. The van der Waals surface area contributed by atoms with Crippen LogP contribution < -0.4 is 5.32 Å². The van der Waals surface area contributed by atoms with E-state index in [2.05, 4.69) is 5.32 Å². The summed E-state index contributed by atoms with van der Waals surface area (Å²) in [5.41, 5.74) is 1.00. The Bertz CT molecular complexity index is 564. The van der Waals surface area contributed by atoms with Gasteiger partial charge in [-0.1, -0.05) is 12.1 Å². The van der Waals surface area contributed by atoms with E-state index in [1.165, 1.54) is 18.7 Å². The number of nitrogens with zero attached hydrogens (tertiary/aromatic N) is 1. The Hall–Kier alpha value is -1.70. The van der Waals surface area contributed by atoms with E-state index in [0.717, 1.165) is 0 Å². The highest BCUT2D eigenvalue weighted by atomic mass is 32.2. The molecule has 1 aromatic carbocycles. The number of thioether (sulfide) groups is 1. The maximum Gasteiger partial charge on any atom is 0.471 e. The average Bonchev–Trinajstić information content (AvgIpc) is 2.50. The van der Waals surface area contributed by atoms with Gasteiger partial charge in [-0.2, -0.15) is 24.9 Å². The Morgan fingerprint density at radius 3 is 2.52 bits per heavy atom. The number of nitrogens with one attached hydrogen (secondary N) is 1. The van der Waals surface area contributed by atoms with Crippen LogP contribution >= 0.6 is 11.8 Å². The zero-order chi connectivity index (χ0) is 17.6. The normalized spacial score (nSPS) is 12.6. The number of anilines is 1.